The van der Waals surface area contributed by atoms with Gasteiger partial charge in [-0.1, -0.05) is 12.1 Å². The summed E-state index contributed by atoms with van der Waals surface area (Å²) < 4.78 is 1.89. The second kappa shape index (κ2) is 8.23. The lowest BCUT2D eigenvalue weighted by Crippen LogP contribution is -2.03. The molecule has 1 aliphatic rings. The van der Waals surface area contributed by atoms with Gasteiger partial charge in [0.05, 0.1) is 16.0 Å². The van der Waals surface area contributed by atoms with E-state index in [1.807, 2.05) is 0 Å². The van der Waals surface area contributed by atoms with Gasteiger partial charge in [-0.25, -0.2) is 0 Å². The van der Waals surface area contributed by atoms with E-state index in [0.717, 1.165) is 0 Å². The molecule has 0 atom stereocenters. The van der Waals surface area contributed by atoms with Crippen LogP contribution >= 0.6 is 23.6 Å². The van der Waals surface area contributed by atoms with Gasteiger partial charge in [0.2, 0.25) is 5.88 Å². The summed E-state index contributed by atoms with van der Waals surface area (Å²) in [6.07, 6.45) is 3.46. The van der Waals surface area contributed by atoms with Crippen molar-refractivity contribution in [2.75, 3.05) is 0 Å². The van der Waals surface area contributed by atoms with Gasteiger partial charge < -0.3 is 10.2 Å². The van der Waals surface area contributed by atoms with Crippen molar-refractivity contribution < 1.29 is 19.9 Å². The highest BCUT2D eigenvalue weighted by atomic mass is 32.1. The smallest absolute Gasteiger partial charge is 0.303 e. The number of rotatable bonds is 7. The average Bonchev–Trinajstić information content (AvgIpc) is 3.21. The Labute approximate surface area is 167 Å². The summed E-state index contributed by atoms with van der Waals surface area (Å²) in [6.45, 7) is 0.288. The molecule has 2 N–H and O–H groups in total. The highest BCUT2D eigenvalue weighted by molar-refractivity contribution is 7.73. The third kappa shape index (κ3) is 4.21. The average molecular weight is 418 g/mol. The maximum absolute atomic E-state index is 11.0. The van der Waals surface area contributed by atoms with Gasteiger partial charge in [0.1, 0.15) is 5.71 Å². The van der Waals surface area contributed by atoms with Crippen LogP contribution in [0.5, 0.6) is 5.88 Å². The molecule has 0 spiro atoms. The van der Waals surface area contributed by atoms with Gasteiger partial charge in [0, 0.05) is 36.2 Å². The summed E-state index contributed by atoms with van der Waals surface area (Å²) >= 11 is 6.43. The van der Waals surface area contributed by atoms with Crippen LogP contribution in [0.1, 0.15) is 23.3 Å². The minimum absolute atomic E-state index is 0.0241. The number of benzene rings is 1. The molecule has 0 fully saturated rings. The molecule has 2 aromatic rings. The molecule has 0 saturated heterocycles. The van der Waals surface area contributed by atoms with Crippen LogP contribution in [-0.4, -0.2) is 37.6 Å². The molecule has 3 rings (SSSR count). The fourth-order valence-electron chi connectivity index (χ4n) is 2.60. The third-order valence-electron chi connectivity index (χ3n) is 3.91. The summed E-state index contributed by atoms with van der Waals surface area (Å²) in [5.74, 6) is -0.977. The predicted octanol–water partition coefficient (Wildman–Crippen LogP) is 3.63. The Morgan fingerprint density at radius 1 is 1.43 bits per heavy atom. The molecule has 2 heterocycles. The van der Waals surface area contributed by atoms with Gasteiger partial charge in [-0.3, -0.25) is 19.5 Å². The molecule has 1 aromatic heterocycles. The van der Waals surface area contributed by atoms with Gasteiger partial charge >= 0.3 is 5.97 Å². The number of thiazole rings is 1. The zero-order valence-corrected chi connectivity index (χ0v) is 15.9. The van der Waals surface area contributed by atoms with Gasteiger partial charge in [-0.05, 0) is 24.7 Å². The highest BCUT2D eigenvalue weighted by Crippen LogP contribution is 2.30. The Hall–Kier alpha value is -3.18. The largest absolute Gasteiger partial charge is 0.493 e. The van der Waals surface area contributed by atoms with Gasteiger partial charge in [-0.2, -0.15) is 5.10 Å². The Morgan fingerprint density at radius 2 is 2.21 bits per heavy atom. The molecule has 0 bridgehead atoms. The predicted molar refractivity (Wildman–Crippen MR) is 108 cm³/mol. The standard InChI is InChI=1S/C17H14N4O5S2/c22-14(23)5-2-6-20-16(24)13(28-17(20)27)8-11-9-18-19-15(11)10-3-1-4-12(7-10)21(25)26/h1,3-4,7-9,24H,2,5-6H2,(H,22,23)/b11-8+. The number of allylic oxidation sites excluding steroid dienone is 1. The summed E-state index contributed by atoms with van der Waals surface area (Å²) in [4.78, 5) is 21.6. The number of non-ortho nitro benzene ring substituents is 1. The van der Waals surface area contributed by atoms with Crippen LogP contribution in [0.2, 0.25) is 0 Å². The number of nitrogens with zero attached hydrogens (tertiary/aromatic N) is 4. The van der Waals surface area contributed by atoms with Crippen molar-refractivity contribution in [3.63, 3.8) is 0 Å². The maximum atomic E-state index is 11.0. The second-order valence-corrected chi connectivity index (χ2v) is 7.48. The van der Waals surface area contributed by atoms with Crippen molar-refractivity contribution in [2.45, 2.75) is 19.4 Å². The molecule has 9 nitrogen and oxygen atoms in total. The first-order valence-corrected chi connectivity index (χ1v) is 9.31. The molecule has 11 heteroatoms. The van der Waals surface area contributed by atoms with E-state index in [9.17, 15) is 20.0 Å². The van der Waals surface area contributed by atoms with Crippen molar-refractivity contribution in [3.8, 4) is 5.88 Å². The lowest BCUT2D eigenvalue weighted by molar-refractivity contribution is -0.384. The molecule has 144 valence electrons. The van der Waals surface area contributed by atoms with Crippen molar-refractivity contribution >= 4 is 53.2 Å². The fraction of sp³-hybridized carbons (Fsp3) is 0.176. The minimum atomic E-state index is -0.913. The van der Waals surface area contributed by atoms with E-state index in [4.69, 9.17) is 17.3 Å². The molecule has 0 saturated carbocycles. The zero-order valence-electron chi connectivity index (χ0n) is 14.3. The maximum Gasteiger partial charge on any atom is 0.303 e. The second-order valence-electron chi connectivity index (χ2n) is 5.81. The number of carboxylic acid groups (broad SMARTS) is 1. The summed E-state index contributed by atoms with van der Waals surface area (Å²) in [6, 6.07) is 6.04. The number of carboxylic acids is 1. The topological polar surface area (TPSA) is 130 Å². The molecule has 0 aliphatic carbocycles. The van der Waals surface area contributed by atoms with E-state index in [1.54, 1.807) is 18.2 Å². The molecule has 0 unspecified atom stereocenters. The molecular formula is C17H14N4O5S2. The number of aromatic nitrogens is 1. The number of nitro benzene ring substituents is 1. The minimum Gasteiger partial charge on any atom is -0.493 e. The van der Waals surface area contributed by atoms with E-state index in [1.165, 1.54) is 34.3 Å². The van der Waals surface area contributed by atoms with E-state index in [-0.39, 0.29) is 24.5 Å². The summed E-state index contributed by atoms with van der Waals surface area (Å²) in [7, 11) is 0. The third-order valence-corrected chi connectivity index (χ3v) is 5.30. The molecule has 1 aliphatic heterocycles. The first-order valence-electron chi connectivity index (χ1n) is 8.09. The Kier molecular flexibility index (Phi) is 5.76. The molecule has 28 heavy (non-hydrogen) atoms. The summed E-state index contributed by atoms with van der Waals surface area (Å²) in [5.41, 5.74) is 1.49. The number of nitro groups is 1. The SMILES string of the molecule is O=C(O)CCCn1c(O)c(/C=C2\C=NN=C2c2cccc([N+](=O)[O-])c2)sc1=S. The van der Waals surface area contributed by atoms with Gasteiger partial charge in [0.15, 0.2) is 3.95 Å². The van der Waals surface area contributed by atoms with Crippen molar-refractivity contribution in [1.82, 2.24) is 4.57 Å². The number of carbonyl (C=O) groups is 1. The number of hydrogen-bond donors (Lipinski definition) is 2. The van der Waals surface area contributed by atoms with Crippen LogP contribution in [0.3, 0.4) is 0 Å². The molecule has 1 aromatic carbocycles. The van der Waals surface area contributed by atoms with Gasteiger partial charge in [-0.15, -0.1) is 16.4 Å². The quantitative estimate of drug-likeness (QED) is 0.401. The Bertz CT molecular complexity index is 1100. The first kappa shape index (κ1) is 19.6. The Morgan fingerprint density at radius 3 is 2.93 bits per heavy atom. The van der Waals surface area contributed by atoms with E-state index in [0.29, 0.717) is 32.1 Å². The highest BCUT2D eigenvalue weighted by Gasteiger charge is 2.18. The van der Waals surface area contributed by atoms with Gasteiger partial charge in [0.25, 0.3) is 5.69 Å². The lowest BCUT2D eigenvalue weighted by atomic mass is 10.0. The van der Waals surface area contributed by atoms with Crippen LogP contribution in [0.15, 0.2) is 40.0 Å². The van der Waals surface area contributed by atoms with E-state index in [2.05, 4.69) is 10.2 Å². The number of aromatic hydroxyl groups is 1. The summed E-state index contributed by atoms with van der Waals surface area (Å²) in [5, 5.41) is 38.1. The van der Waals surface area contributed by atoms with Crippen LogP contribution in [0.4, 0.5) is 5.69 Å². The van der Waals surface area contributed by atoms with Crippen molar-refractivity contribution in [2.24, 2.45) is 10.2 Å². The van der Waals surface area contributed by atoms with E-state index < -0.39 is 10.9 Å². The van der Waals surface area contributed by atoms with Crippen molar-refractivity contribution in [1.29, 1.82) is 0 Å². The van der Waals surface area contributed by atoms with Crippen LogP contribution < -0.4 is 0 Å². The molecular weight excluding hydrogens is 404 g/mol. The van der Waals surface area contributed by atoms with Crippen LogP contribution in [-0.2, 0) is 11.3 Å². The Balaban J connectivity index is 1.89. The zero-order chi connectivity index (χ0) is 20.3. The number of aliphatic carboxylic acids is 1. The van der Waals surface area contributed by atoms with Crippen LogP contribution in [0.25, 0.3) is 6.08 Å². The first-order chi connectivity index (χ1) is 13.4. The van der Waals surface area contributed by atoms with Crippen LogP contribution in [0, 0.1) is 14.1 Å². The van der Waals surface area contributed by atoms with Crippen molar-refractivity contribution in [3.05, 3.63) is 54.3 Å². The molecule has 0 amide bonds. The normalized spacial score (nSPS) is 14.4. The van der Waals surface area contributed by atoms with E-state index >= 15 is 0 Å². The fourth-order valence-corrected chi connectivity index (χ4v) is 3.91. The number of hydrogen-bond acceptors (Lipinski definition) is 8. The molecule has 0 radical (unpaired) electrons. The lowest BCUT2D eigenvalue weighted by Gasteiger charge is -2.04. The monoisotopic (exact) mass is 418 g/mol.